The molecule has 0 amide bonds. The summed E-state index contributed by atoms with van der Waals surface area (Å²) >= 11 is 0. The molecule has 1 rings (SSSR count). The normalized spacial score (nSPS) is 19.8. The molecule has 0 heterocycles. The van der Waals surface area contributed by atoms with Gasteiger partial charge in [0.15, 0.2) is 0 Å². The zero-order valence-corrected chi connectivity index (χ0v) is 9.22. The highest BCUT2D eigenvalue weighted by Crippen LogP contribution is 2.40. The molecule has 0 aromatic heterocycles. The Labute approximate surface area is 86.5 Å². The minimum Gasteiger partial charge on any atom is -0.481 e. The largest absolute Gasteiger partial charge is 0.481 e. The maximum absolute atomic E-state index is 11.2. The molecule has 0 aromatic carbocycles. The summed E-state index contributed by atoms with van der Waals surface area (Å²) in [5.41, 5.74) is -0.353. The Kier molecular flexibility index (Phi) is 5.77. The lowest BCUT2D eigenvalue weighted by Crippen LogP contribution is -2.33. The Morgan fingerprint density at radius 3 is 2.29 bits per heavy atom. The van der Waals surface area contributed by atoms with Gasteiger partial charge in [-0.1, -0.05) is 39.0 Å². The van der Waals surface area contributed by atoms with Gasteiger partial charge < -0.3 is 11.3 Å². The maximum Gasteiger partial charge on any atom is 0.309 e. The highest BCUT2D eigenvalue weighted by atomic mass is 16.4. The predicted octanol–water partition coefficient (Wildman–Crippen LogP) is 3.37. The summed E-state index contributed by atoms with van der Waals surface area (Å²) in [7, 11) is 0. The van der Waals surface area contributed by atoms with Gasteiger partial charge >= 0.3 is 5.97 Å². The maximum atomic E-state index is 11.2. The Morgan fingerprint density at radius 2 is 1.86 bits per heavy atom. The number of hydrogen-bond donors (Lipinski definition) is 2. The second-order valence-electron chi connectivity index (χ2n) is 4.25. The second-order valence-corrected chi connectivity index (χ2v) is 4.25. The number of carboxylic acid groups (broad SMARTS) is 1. The zero-order chi connectivity index (χ0) is 9.73. The van der Waals surface area contributed by atoms with Crippen LogP contribution in [0, 0.1) is 5.41 Å². The van der Waals surface area contributed by atoms with Crippen LogP contribution in [0.1, 0.15) is 58.3 Å². The van der Waals surface area contributed by atoms with Crippen molar-refractivity contribution in [3.63, 3.8) is 0 Å². The fraction of sp³-hybridized carbons (Fsp3) is 0.909. The van der Waals surface area contributed by atoms with Crippen molar-refractivity contribution < 1.29 is 9.90 Å². The van der Waals surface area contributed by atoms with E-state index >= 15 is 0 Å². The molecule has 1 saturated carbocycles. The number of unbranched alkanes of at least 4 members (excludes halogenated alkanes) is 1. The first-order valence-corrected chi connectivity index (χ1v) is 5.45. The molecule has 1 aliphatic rings. The summed E-state index contributed by atoms with van der Waals surface area (Å²) in [4.78, 5) is 11.2. The fourth-order valence-electron chi connectivity index (χ4n) is 2.31. The third kappa shape index (κ3) is 2.98. The van der Waals surface area contributed by atoms with Gasteiger partial charge in [-0.25, -0.2) is 0 Å². The first-order chi connectivity index (χ1) is 6.21. The van der Waals surface area contributed by atoms with Gasteiger partial charge in [-0.15, -0.1) is 0 Å². The van der Waals surface area contributed by atoms with Crippen molar-refractivity contribution in [2.24, 2.45) is 5.41 Å². The number of rotatable bonds is 4. The first kappa shape index (κ1) is 13.4. The van der Waals surface area contributed by atoms with Gasteiger partial charge in [0, 0.05) is 0 Å². The molecule has 0 bridgehead atoms. The van der Waals surface area contributed by atoms with E-state index in [1.54, 1.807) is 0 Å². The monoisotopic (exact) mass is 201 g/mol. The van der Waals surface area contributed by atoms with Gasteiger partial charge in [0.25, 0.3) is 0 Å². The van der Waals surface area contributed by atoms with Crippen LogP contribution in [0.15, 0.2) is 0 Å². The molecular formula is C11H23NO2. The van der Waals surface area contributed by atoms with Crippen molar-refractivity contribution in [1.82, 2.24) is 6.15 Å². The van der Waals surface area contributed by atoms with E-state index in [1.807, 2.05) is 0 Å². The minimum absolute atomic E-state index is 0. The zero-order valence-electron chi connectivity index (χ0n) is 9.22. The molecule has 1 aliphatic carbocycles. The molecule has 0 saturated heterocycles. The Hall–Kier alpha value is -0.570. The minimum atomic E-state index is -0.555. The van der Waals surface area contributed by atoms with Crippen molar-refractivity contribution in [2.45, 2.75) is 58.3 Å². The number of hydrogen-bond acceptors (Lipinski definition) is 2. The standard InChI is InChI=1S/C11H20O2.H3N/c1-2-3-7-11(10(12)13)8-5-4-6-9-11;/h2-9H2,1H3,(H,12,13);1H3. The van der Waals surface area contributed by atoms with Gasteiger partial charge in [-0.2, -0.15) is 0 Å². The number of aliphatic carboxylic acids is 1. The SMILES string of the molecule is CCCCC1(C(=O)O)CCCCC1.N. The summed E-state index contributed by atoms with van der Waals surface area (Å²) in [5, 5.41) is 9.22. The van der Waals surface area contributed by atoms with Crippen molar-refractivity contribution in [2.75, 3.05) is 0 Å². The van der Waals surface area contributed by atoms with Crippen LogP contribution in [0.5, 0.6) is 0 Å². The van der Waals surface area contributed by atoms with E-state index in [1.165, 1.54) is 6.42 Å². The summed E-state index contributed by atoms with van der Waals surface area (Å²) in [6.45, 7) is 2.12. The molecule has 0 unspecified atom stereocenters. The smallest absolute Gasteiger partial charge is 0.309 e. The summed E-state index contributed by atoms with van der Waals surface area (Å²) in [5.74, 6) is -0.555. The van der Waals surface area contributed by atoms with E-state index < -0.39 is 5.97 Å². The van der Waals surface area contributed by atoms with Crippen molar-refractivity contribution in [3.05, 3.63) is 0 Å². The lowest BCUT2D eigenvalue weighted by atomic mass is 9.71. The van der Waals surface area contributed by atoms with Gasteiger partial charge in [0.2, 0.25) is 0 Å². The van der Waals surface area contributed by atoms with Crippen molar-refractivity contribution in [1.29, 1.82) is 0 Å². The van der Waals surface area contributed by atoms with Crippen molar-refractivity contribution >= 4 is 5.97 Å². The number of carbonyl (C=O) groups is 1. The molecule has 0 atom stereocenters. The molecule has 84 valence electrons. The molecule has 14 heavy (non-hydrogen) atoms. The van der Waals surface area contributed by atoms with E-state index in [0.29, 0.717) is 0 Å². The molecule has 0 aromatic rings. The molecule has 4 N–H and O–H groups in total. The molecule has 1 fully saturated rings. The average molecular weight is 201 g/mol. The predicted molar refractivity (Wildman–Crippen MR) is 57.7 cm³/mol. The van der Waals surface area contributed by atoms with Crippen LogP contribution in [0.2, 0.25) is 0 Å². The van der Waals surface area contributed by atoms with Crippen LogP contribution in [-0.4, -0.2) is 11.1 Å². The van der Waals surface area contributed by atoms with Crippen LogP contribution in [-0.2, 0) is 4.79 Å². The molecule has 0 radical (unpaired) electrons. The van der Waals surface area contributed by atoms with Crippen LogP contribution in [0.25, 0.3) is 0 Å². The van der Waals surface area contributed by atoms with Crippen LogP contribution in [0.3, 0.4) is 0 Å². The van der Waals surface area contributed by atoms with E-state index in [-0.39, 0.29) is 11.6 Å². The average Bonchev–Trinajstić information content (AvgIpc) is 2.16. The lowest BCUT2D eigenvalue weighted by molar-refractivity contribution is -0.151. The third-order valence-corrected chi connectivity index (χ3v) is 3.27. The number of carboxylic acids is 1. The fourth-order valence-corrected chi connectivity index (χ4v) is 2.31. The first-order valence-electron chi connectivity index (χ1n) is 5.45. The van der Waals surface area contributed by atoms with E-state index in [0.717, 1.165) is 44.9 Å². The quantitative estimate of drug-likeness (QED) is 0.732. The lowest BCUT2D eigenvalue weighted by Gasteiger charge is -2.33. The van der Waals surface area contributed by atoms with Gasteiger partial charge in [-0.05, 0) is 19.3 Å². The second kappa shape index (κ2) is 6.02. The molecule has 0 aliphatic heterocycles. The van der Waals surface area contributed by atoms with E-state index in [2.05, 4.69) is 6.92 Å². The topological polar surface area (TPSA) is 72.3 Å². The highest BCUT2D eigenvalue weighted by molar-refractivity contribution is 5.74. The summed E-state index contributed by atoms with van der Waals surface area (Å²) in [6, 6.07) is 0. The molecular weight excluding hydrogens is 178 g/mol. The van der Waals surface area contributed by atoms with Crippen LogP contribution < -0.4 is 6.15 Å². The Balaban J connectivity index is 0.00000169. The third-order valence-electron chi connectivity index (χ3n) is 3.27. The van der Waals surface area contributed by atoms with Crippen LogP contribution in [0.4, 0.5) is 0 Å². The van der Waals surface area contributed by atoms with Gasteiger partial charge in [-0.3, -0.25) is 4.79 Å². The Morgan fingerprint density at radius 1 is 1.29 bits per heavy atom. The van der Waals surface area contributed by atoms with E-state index in [9.17, 15) is 9.90 Å². The van der Waals surface area contributed by atoms with Gasteiger partial charge in [0.1, 0.15) is 0 Å². The van der Waals surface area contributed by atoms with E-state index in [4.69, 9.17) is 0 Å². The van der Waals surface area contributed by atoms with Crippen LogP contribution >= 0.6 is 0 Å². The molecule has 3 heteroatoms. The summed E-state index contributed by atoms with van der Waals surface area (Å²) < 4.78 is 0. The Bertz CT molecular complexity index is 174. The van der Waals surface area contributed by atoms with Crippen molar-refractivity contribution in [3.8, 4) is 0 Å². The highest BCUT2D eigenvalue weighted by Gasteiger charge is 2.38. The molecule has 0 spiro atoms. The van der Waals surface area contributed by atoms with Gasteiger partial charge in [0.05, 0.1) is 5.41 Å². The molecule has 3 nitrogen and oxygen atoms in total. The summed E-state index contributed by atoms with van der Waals surface area (Å²) in [6.07, 6.45) is 8.30.